The predicted octanol–water partition coefficient (Wildman–Crippen LogP) is 4.01. The highest BCUT2D eigenvalue weighted by molar-refractivity contribution is 7.92. The molecule has 5 N–H and O–H groups in total. The van der Waals surface area contributed by atoms with Crippen molar-refractivity contribution in [3.8, 4) is 0 Å². The van der Waals surface area contributed by atoms with E-state index in [-0.39, 0.29) is 5.75 Å². The molecule has 0 amide bonds. The van der Waals surface area contributed by atoms with E-state index in [1.807, 2.05) is 18.2 Å². The second-order valence-corrected chi connectivity index (χ2v) is 9.73. The van der Waals surface area contributed by atoms with Crippen molar-refractivity contribution in [2.75, 3.05) is 23.6 Å². The molecule has 30 heavy (non-hydrogen) atoms. The minimum absolute atomic E-state index is 0.161. The summed E-state index contributed by atoms with van der Waals surface area (Å²) in [5.74, 6) is 0.161. The van der Waals surface area contributed by atoms with Crippen LogP contribution in [0, 0.1) is 0 Å². The number of hydrogen-bond acceptors (Lipinski definition) is 4. The molecule has 0 radical (unpaired) electrons. The zero-order valence-electron chi connectivity index (χ0n) is 18.0. The van der Waals surface area contributed by atoms with Gasteiger partial charge in [-0.1, -0.05) is 49.2 Å². The molecule has 0 aliphatic rings. The first-order valence-corrected chi connectivity index (χ1v) is 12.7. The molecule has 0 aliphatic heterocycles. The smallest absolute Gasteiger partial charge is 0.232 e. The predicted molar refractivity (Wildman–Crippen MR) is 127 cm³/mol. The maximum atomic E-state index is 12.4. The summed E-state index contributed by atoms with van der Waals surface area (Å²) in [7, 11) is -3.31. The quantitative estimate of drug-likeness (QED) is 0.371. The molecule has 6 heteroatoms. The summed E-state index contributed by atoms with van der Waals surface area (Å²) in [6, 6.07) is 16.3. The number of sulfonamides is 1. The van der Waals surface area contributed by atoms with Crippen molar-refractivity contribution in [1.82, 2.24) is 0 Å². The molecule has 2 aromatic carbocycles. The van der Waals surface area contributed by atoms with E-state index in [2.05, 4.69) is 29.0 Å². The number of unbranched alkanes of at least 4 members (excludes halogenated alkanes) is 3. The maximum Gasteiger partial charge on any atom is 0.232 e. The standard InChI is InChI=1S/C24H37N3O2S/c25-16-7-13-22-11-5-10-21(19-22)9-3-1-2-4-18-30(28,29)27-24-15-6-12-23(20-24)14-8-17-26/h5-6,10-12,15,19-20,27H,1-4,7-9,13-14,16-18,25-26H2. The average molecular weight is 432 g/mol. The van der Waals surface area contributed by atoms with Gasteiger partial charge in [0.05, 0.1) is 5.75 Å². The topological polar surface area (TPSA) is 98.2 Å². The molecule has 2 aromatic rings. The normalized spacial score (nSPS) is 11.5. The lowest BCUT2D eigenvalue weighted by Gasteiger charge is -2.10. The van der Waals surface area contributed by atoms with Crippen molar-refractivity contribution < 1.29 is 8.42 Å². The van der Waals surface area contributed by atoms with E-state index < -0.39 is 10.0 Å². The highest BCUT2D eigenvalue weighted by atomic mass is 32.2. The lowest BCUT2D eigenvalue weighted by molar-refractivity contribution is 0.592. The Hall–Kier alpha value is -1.89. The Balaban J connectivity index is 1.67. The Morgan fingerprint density at radius 1 is 0.667 bits per heavy atom. The summed E-state index contributed by atoms with van der Waals surface area (Å²) in [4.78, 5) is 0. The van der Waals surface area contributed by atoms with Gasteiger partial charge in [0, 0.05) is 5.69 Å². The van der Waals surface area contributed by atoms with Crippen molar-refractivity contribution in [3.05, 3.63) is 65.2 Å². The molecule has 0 aromatic heterocycles. The first-order chi connectivity index (χ1) is 14.5. The van der Waals surface area contributed by atoms with Gasteiger partial charge in [-0.2, -0.15) is 0 Å². The molecule has 0 bridgehead atoms. The number of nitrogens with two attached hydrogens (primary N) is 2. The Morgan fingerprint density at radius 3 is 1.83 bits per heavy atom. The second kappa shape index (κ2) is 13.4. The number of rotatable bonds is 15. The lowest BCUT2D eigenvalue weighted by Crippen LogP contribution is -2.16. The minimum atomic E-state index is -3.31. The van der Waals surface area contributed by atoms with Crippen molar-refractivity contribution in [1.29, 1.82) is 0 Å². The summed E-state index contributed by atoms with van der Waals surface area (Å²) in [6.45, 7) is 1.36. The van der Waals surface area contributed by atoms with Crippen LogP contribution in [0.2, 0.25) is 0 Å². The summed E-state index contributed by atoms with van der Waals surface area (Å²) in [5, 5.41) is 0. The van der Waals surface area contributed by atoms with Gasteiger partial charge in [0.1, 0.15) is 0 Å². The van der Waals surface area contributed by atoms with Gasteiger partial charge in [0.2, 0.25) is 10.0 Å². The van der Waals surface area contributed by atoms with Gasteiger partial charge in [0.25, 0.3) is 0 Å². The summed E-state index contributed by atoms with van der Waals surface area (Å²) in [5.41, 5.74) is 15.6. The largest absolute Gasteiger partial charge is 0.330 e. The molecule has 5 nitrogen and oxygen atoms in total. The van der Waals surface area contributed by atoms with Gasteiger partial charge < -0.3 is 11.5 Å². The van der Waals surface area contributed by atoms with Crippen LogP contribution in [0.5, 0.6) is 0 Å². The zero-order valence-corrected chi connectivity index (χ0v) is 18.8. The number of benzene rings is 2. The monoisotopic (exact) mass is 431 g/mol. The molecule has 0 fully saturated rings. The van der Waals surface area contributed by atoms with Crippen LogP contribution in [-0.2, 0) is 29.3 Å². The maximum absolute atomic E-state index is 12.4. The molecule has 166 valence electrons. The minimum Gasteiger partial charge on any atom is -0.330 e. The molecular formula is C24H37N3O2S. The molecule has 0 spiro atoms. The van der Waals surface area contributed by atoms with Crippen LogP contribution < -0.4 is 16.2 Å². The highest BCUT2D eigenvalue weighted by Gasteiger charge is 2.10. The molecular weight excluding hydrogens is 394 g/mol. The van der Waals surface area contributed by atoms with E-state index in [0.717, 1.165) is 63.5 Å². The first-order valence-electron chi connectivity index (χ1n) is 11.1. The first kappa shape index (κ1) is 24.4. The molecule has 0 unspecified atom stereocenters. The Morgan fingerprint density at radius 2 is 1.20 bits per heavy atom. The third-order valence-corrected chi connectivity index (χ3v) is 6.53. The molecule has 0 saturated carbocycles. The van der Waals surface area contributed by atoms with E-state index in [0.29, 0.717) is 18.7 Å². The number of aryl methyl sites for hydroxylation is 3. The average Bonchev–Trinajstić information content (AvgIpc) is 2.73. The Labute approximate surface area is 182 Å². The van der Waals surface area contributed by atoms with E-state index in [1.165, 1.54) is 11.1 Å². The SMILES string of the molecule is NCCCc1cccc(CCCCCCS(=O)(=O)Nc2cccc(CCCN)c2)c1. The van der Waals surface area contributed by atoms with Crippen LogP contribution in [0.1, 0.15) is 55.2 Å². The number of nitrogens with one attached hydrogen (secondary N) is 1. The third kappa shape index (κ3) is 9.74. The molecule has 0 atom stereocenters. The third-order valence-electron chi connectivity index (χ3n) is 5.16. The second-order valence-electron chi connectivity index (χ2n) is 7.89. The number of anilines is 1. The van der Waals surface area contributed by atoms with E-state index in [1.54, 1.807) is 6.07 Å². The van der Waals surface area contributed by atoms with Gasteiger partial charge in [0.15, 0.2) is 0 Å². The van der Waals surface area contributed by atoms with Crippen LogP contribution in [0.15, 0.2) is 48.5 Å². The van der Waals surface area contributed by atoms with Crippen molar-refractivity contribution >= 4 is 15.7 Å². The van der Waals surface area contributed by atoms with Gasteiger partial charge in [-0.3, -0.25) is 4.72 Å². The lowest BCUT2D eigenvalue weighted by atomic mass is 10.0. The molecule has 0 heterocycles. The van der Waals surface area contributed by atoms with Crippen molar-refractivity contribution in [3.63, 3.8) is 0 Å². The molecule has 0 saturated heterocycles. The van der Waals surface area contributed by atoms with Crippen molar-refractivity contribution in [2.45, 2.75) is 57.8 Å². The van der Waals surface area contributed by atoms with E-state index in [9.17, 15) is 8.42 Å². The highest BCUT2D eigenvalue weighted by Crippen LogP contribution is 2.15. The molecule has 0 aliphatic carbocycles. The summed E-state index contributed by atoms with van der Waals surface area (Å²) < 4.78 is 27.4. The van der Waals surface area contributed by atoms with Crippen LogP contribution >= 0.6 is 0 Å². The Kier molecular flexibility index (Phi) is 10.9. The van der Waals surface area contributed by atoms with Crippen LogP contribution in [0.3, 0.4) is 0 Å². The fourth-order valence-electron chi connectivity index (χ4n) is 3.55. The zero-order chi connectivity index (χ0) is 21.7. The summed E-state index contributed by atoms with van der Waals surface area (Å²) >= 11 is 0. The van der Waals surface area contributed by atoms with E-state index in [4.69, 9.17) is 11.5 Å². The summed E-state index contributed by atoms with van der Waals surface area (Å²) in [6.07, 6.45) is 8.57. The van der Waals surface area contributed by atoms with Crippen molar-refractivity contribution in [2.24, 2.45) is 11.5 Å². The fourth-order valence-corrected chi connectivity index (χ4v) is 4.72. The van der Waals surface area contributed by atoms with Crippen LogP contribution in [-0.4, -0.2) is 27.3 Å². The van der Waals surface area contributed by atoms with E-state index >= 15 is 0 Å². The van der Waals surface area contributed by atoms with Gasteiger partial charge in [-0.15, -0.1) is 0 Å². The van der Waals surface area contributed by atoms with Gasteiger partial charge >= 0.3 is 0 Å². The van der Waals surface area contributed by atoms with Gasteiger partial charge in [-0.25, -0.2) is 8.42 Å². The van der Waals surface area contributed by atoms with Crippen LogP contribution in [0.25, 0.3) is 0 Å². The Bertz CT molecular complexity index is 853. The van der Waals surface area contributed by atoms with Crippen LogP contribution in [0.4, 0.5) is 5.69 Å². The van der Waals surface area contributed by atoms with Gasteiger partial charge in [-0.05, 0) is 86.9 Å². The fraction of sp³-hybridized carbons (Fsp3) is 0.500. The molecule has 2 rings (SSSR count). The number of hydrogen-bond donors (Lipinski definition) is 3.